The highest BCUT2D eigenvalue weighted by Gasteiger charge is 2.13. The third kappa shape index (κ3) is 4.19. The van der Waals surface area contributed by atoms with E-state index in [1.165, 1.54) is 32.1 Å². The summed E-state index contributed by atoms with van der Waals surface area (Å²) >= 11 is 5.18. The second-order valence-corrected chi connectivity index (χ2v) is 4.71. The lowest BCUT2D eigenvalue weighted by atomic mass is 9.96. The first-order valence-electron chi connectivity index (χ1n) is 6.07. The van der Waals surface area contributed by atoms with Crippen molar-refractivity contribution in [1.29, 1.82) is 0 Å². The van der Waals surface area contributed by atoms with Gasteiger partial charge in [0.05, 0.1) is 11.9 Å². The Morgan fingerprint density at radius 1 is 1.41 bits per heavy atom. The fourth-order valence-corrected chi connectivity index (χ4v) is 2.27. The molecule has 92 valence electrons. The molecule has 4 nitrogen and oxygen atoms in total. The zero-order chi connectivity index (χ0) is 11.9. The van der Waals surface area contributed by atoms with E-state index >= 15 is 0 Å². The van der Waals surface area contributed by atoms with Gasteiger partial charge in [-0.25, -0.2) is 0 Å². The molecule has 0 aliphatic heterocycles. The third-order valence-corrected chi connectivity index (χ3v) is 3.14. The van der Waals surface area contributed by atoms with Gasteiger partial charge in [-0.1, -0.05) is 19.3 Å². The summed E-state index contributed by atoms with van der Waals surface area (Å²) in [6, 6.07) is 4.40. The van der Waals surface area contributed by atoms with Crippen LogP contribution in [0.1, 0.15) is 37.8 Å². The Hall–Kier alpha value is -1.36. The van der Waals surface area contributed by atoms with E-state index in [1.807, 2.05) is 18.3 Å². The SMILES string of the molecule is S=C(N/N=C/c1ccc[nH]1)NC1CCCCC1. The number of hydrogen-bond acceptors (Lipinski definition) is 2. The van der Waals surface area contributed by atoms with Crippen LogP contribution in [0.5, 0.6) is 0 Å². The first-order valence-corrected chi connectivity index (χ1v) is 6.48. The molecule has 3 N–H and O–H groups in total. The molecule has 1 aliphatic rings. The molecule has 5 heteroatoms. The number of hydrazone groups is 1. The molecule has 0 radical (unpaired) electrons. The molecule has 0 spiro atoms. The van der Waals surface area contributed by atoms with Crippen molar-refractivity contribution in [3.63, 3.8) is 0 Å². The fraction of sp³-hybridized carbons (Fsp3) is 0.500. The normalized spacial score (nSPS) is 17.2. The summed E-state index contributed by atoms with van der Waals surface area (Å²) in [6.45, 7) is 0. The number of aromatic nitrogens is 1. The van der Waals surface area contributed by atoms with Gasteiger partial charge < -0.3 is 10.3 Å². The summed E-state index contributed by atoms with van der Waals surface area (Å²) in [4.78, 5) is 3.04. The Morgan fingerprint density at radius 2 is 2.24 bits per heavy atom. The minimum atomic E-state index is 0.518. The zero-order valence-electron chi connectivity index (χ0n) is 9.78. The van der Waals surface area contributed by atoms with Crippen LogP contribution in [0, 0.1) is 0 Å². The van der Waals surface area contributed by atoms with E-state index in [0.717, 1.165) is 5.69 Å². The van der Waals surface area contributed by atoms with Crippen molar-refractivity contribution < 1.29 is 0 Å². The van der Waals surface area contributed by atoms with Crippen LogP contribution in [0.3, 0.4) is 0 Å². The fourth-order valence-electron chi connectivity index (χ4n) is 2.05. The van der Waals surface area contributed by atoms with Gasteiger partial charge in [-0.2, -0.15) is 5.10 Å². The largest absolute Gasteiger partial charge is 0.360 e. The number of H-pyrrole nitrogens is 1. The van der Waals surface area contributed by atoms with E-state index in [-0.39, 0.29) is 0 Å². The van der Waals surface area contributed by atoms with Crippen molar-refractivity contribution in [3.8, 4) is 0 Å². The van der Waals surface area contributed by atoms with Gasteiger partial charge in [0.15, 0.2) is 5.11 Å². The highest BCUT2D eigenvalue weighted by molar-refractivity contribution is 7.80. The summed E-state index contributed by atoms with van der Waals surface area (Å²) < 4.78 is 0. The molecule has 1 aliphatic carbocycles. The van der Waals surface area contributed by atoms with E-state index in [2.05, 4.69) is 20.8 Å². The maximum Gasteiger partial charge on any atom is 0.187 e. The number of thiocarbonyl (C=S) groups is 1. The first kappa shape index (κ1) is 12.1. The van der Waals surface area contributed by atoms with Crippen LogP contribution < -0.4 is 10.7 Å². The van der Waals surface area contributed by atoms with Crippen LogP contribution in [-0.4, -0.2) is 22.4 Å². The molecule has 0 bridgehead atoms. The molecule has 1 aromatic heterocycles. The zero-order valence-corrected chi connectivity index (χ0v) is 10.6. The smallest absolute Gasteiger partial charge is 0.187 e. The molecule has 1 saturated carbocycles. The van der Waals surface area contributed by atoms with Crippen LogP contribution in [-0.2, 0) is 0 Å². The molecular formula is C12H18N4S. The van der Waals surface area contributed by atoms with Gasteiger partial charge in [0.1, 0.15) is 0 Å². The molecule has 0 amide bonds. The molecule has 17 heavy (non-hydrogen) atoms. The van der Waals surface area contributed by atoms with Gasteiger partial charge in [-0.05, 0) is 37.2 Å². The van der Waals surface area contributed by atoms with Gasteiger partial charge in [-0.3, -0.25) is 5.43 Å². The number of nitrogens with one attached hydrogen (secondary N) is 3. The van der Waals surface area contributed by atoms with E-state index in [1.54, 1.807) is 6.21 Å². The lowest BCUT2D eigenvalue weighted by Crippen LogP contribution is -2.40. The molecule has 1 fully saturated rings. The number of hydrogen-bond donors (Lipinski definition) is 3. The molecule has 2 rings (SSSR count). The second-order valence-electron chi connectivity index (χ2n) is 4.30. The summed E-state index contributed by atoms with van der Waals surface area (Å²) in [5, 5.41) is 7.98. The van der Waals surface area contributed by atoms with Crippen molar-refractivity contribution in [3.05, 3.63) is 24.0 Å². The Bertz CT molecular complexity index is 366. The summed E-state index contributed by atoms with van der Waals surface area (Å²) in [7, 11) is 0. The maximum absolute atomic E-state index is 5.18. The van der Waals surface area contributed by atoms with Crippen LogP contribution in [0.4, 0.5) is 0 Å². The predicted octanol–water partition coefficient (Wildman–Crippen LogP) is 2.15. The molecule has 1 aromatic rings. The van der Waals surface area contributed by atoms with Crippen LogP contribution in [0.2, 0.25) is 0 Å². The standard InChI is InChI=1S/C12H18N4S/c17-12(15-10-5-2-1-3-6-10)16-14-9-11-7-4-8-13-11/h4,7-10,13H,1-3,5-6H2,(H2,15,16,17)/b14-9+. The average Bonchev–Trinajstić information content (AvgIpc) is 2.83. The lowest BCUT2D eigenvalue weighted by Gasteiger charge is -2.23. The van der Waals surface area contributed by atoms with E-state index in [0.29, 0.717) is 11.2 Å². The number of aromatic amines is 1. The monoisotopic (exact) mass is 250 g/mol. The first-order chi connectivity index (χ1) is 8.34. The van der Waals surface area contributed by atoms with Crippen molar-refractivity contribution >= 4 is 23.5 Å². The Labute approximate surface area is 107 Å². The minimum Gasteiger partial charge on any atom is -0.360 e. The van der Waals surface area contributed by atoms with Gasteiger partial charge in [0, 0.05) is 12.2 Å². The average molecular weight is 250 g/mol. The minimum absolute atomic E-state index is 0.518. The number of nitrogens with zero attached hydrogens (tertiary/aromatic N) is 1. The Kier molecular flexibility index (Phi) is 4.55. The molecule has 1 heterocycles. The lowest BCUT2D eigenvalue weighted by molar-refractivity contribution is 0.412. The van der Waals surface area contributed by atoms with E-state index in [4.69, 9.17) is 12.2 Å². The topological polar surface area (TPSA) is 52.2 Å². The van der Waals surface area contributed by atoms with Crippen molar-refractivity contribution in [2.24, 2.45) is 5.10 Å². The summed E-state index contributed by atoms with van der Waals surface area (Å²) in [6.07, 6.45) is 9.94. The van der Waals surface area contributed by atoms with Crippen molar-refractivity contribution in [2.45, 2.75) is 38.1 Å². The molecule has 0 aromatic carbocycles. The van der Waals surface area contributed by atoms with Gasteiger partial charge in [0.25, 0.3) is 0 Å². The van der Waals surface area contributed by atoms with Crippen molar-refractivity contribution in [1.82, 2.24) is 15.7 Å². The van der Waals surface area contributed by atoms with Gasteiger partial charge in [-0.15, -0.1) is 0 Å². The Balaban J connectivity index is 1.70. The Morgan fingerprint density at radius 3 is 2.94 bits per heavy atom. The second kappa shape index (κ2) is 6.39. The predicted molar refractivity (Wildman–Crippen MR) is 74.1 cm³/mol. The van der Waals surface area contributed by atoms with Crippen LogP contribution >= 0.6 is 12.2 Å². The van der Waals surface area contributed by atoms with E-state index < -0.39 is 0 Å². The van der Waals surface area contributed by atoms with Crippen LogP contribution in [0.15, 0.2) is 23.4 Å². The highest BCUT2D eigenvalue weighted by atomic mass is 32.1. The van der Waals surface area contributed by atoms with Gasteiger partial charge >= 0.3 is 0 Å². The number of rotatable bonds is 3. The van der Waals surface area contributed by atoms with E-state index in [9.17, 15) is 0 Å². The maximum atomic E-state index is 5.18. The van der Waals surface area contributed by atoms with Crippen LogP contribution in [0.25, 0.3) is 0 Å². The quantitative estimate of drug-likeness (QED) is 0.438. The molecule has 0 unspecified atom stereocenters. The third-order valence-electron chi connectivity index (χ3n) is 2.93. The molecule has 0 atom stereocenters. The van der Waals surface area contributed by atoms with Gasteiger partial charge in [0.2, 0.25) is 0 Å². The summed E-state index contributed by atoms with van der Waals surface area (Å²) in [5.41, 5.74) is 3.79. The van der Waals surface area contributed by atoms with Crippen molar-refractivity contribution in [2.75, 3.05) is 0 Å². The molecular weight excluding hydrogens is 232 g/mol. The highest BCUT2D eigenvalue weighted by Crippen LogP contribution is 2.17. The molecule has 0 saturated heterocycles. The summed E-state index contributed by atoms with van der Waals surface area (Å²) in [5.74, 6) is 0.